The summed E-state index contributed by atoms with van der Waals surface area (Å²) >= 11 is 0. The van der Waals surface area contributed by atoms with Crippen LogP contribution in [0.4, 0.5) is 0 Å². The van der Waals surface area contributed by atoms with Gasteiger partial charge in [-0.25, -0.2) is 0 Å². The van der Waals surface area contributed by atoms with Crippen LogP contribution < -0.4 is 0 Å². The highest BCUT2D eigenvalue weighted by molar-refractivity contribution is 6.28. The number of hydrogen-bond acceptors (Lipinski definition) is 2. The molecule has 5 aliphatic carbocycles. The van der Waals surface area contributed by atoms with Gasteiger partial charge in [0.2, 0.25) is 0 Å². The lowest BCUT2D eigenvalue weighted by atomic mass is 9.67. The molecule has 0 saturated heterocycles. The summed E-state index contributed by atoms with van der Waals surface area (Å²) in [5.41, 5.74) is 5.19. The topological polar surface area (TPSA) is 34.1 Å². The number of benzene rings is 2. The van der Waals surface area contributed by atoms with Crippen LogP contribution in [0.15, 0.2) is 36.4 Å². The van der Waals surface area contributed by atoms with Crippen LogP contribution in [0.1, 0.15) is 86.9 Å². The lowest BCUT2D eigenvalue weighted by Gasteiger charge is -2.38. The molecule has 5 aliphatic rings. The van der Waals surface area contributed by atoms with E-state index in [1.165, 1.54) is 43.2 Å². The molecule has 0 amide bonds. The van der Waals surface area contributed by atoms with E-state index in [0.29, 0.717) is 34.1 Å². The average Bonchev–Trinajstić information content (AvgIpc) is 2.79. The summed E-state index contributed by atoms with van der Waals surface area (Å²) in [5.74, 6) is 2.92. The van der Waals surface area contributed by atoms with Gasteiger partial charge in [0.25, 0.3) is 0 Å². The Labute approximate surface area is 147 Å². The van der Waals surface area contributed by atoms with Crippen molar-refractivity contribution in [3.63, 3.8) is 0 Å². The summed E-state index contributed by atoms with van der Waals surface area (Å²) < 4.78 is 0. The SMILES string of the molecule is O=C1c2ccccc2C(=O)c2cc3c(cc21)C1CC2CC(C1)CC3C2. The highest BCUT2D eigenvalue weighted by atomic mass is 16.1. The first-order chi connectivity index (χ1) is 12.2. The number of carbonyl (C=O) groups excluding carboxylic acids is 2. The molecule has 0 heterocycles. The average molecular weight is 328 g/mol. The molecule has 124 valence electrons. The predicted octanol–water partition coefficient (Wildman–Crippen LogP) is 4.85. The lowest BCUT2D eigenvalue weighted by Crippen LogP contribution is -2.25. The standard InChI is InChI=1S/C23H20O2/c24-22-16-3-1-2-4-17(16)23(25)21-11-19-15-8-12-5-13(9-15)7-14(6-12)18(19)10-20(21)22/h1-4,10-15H,5-9H2. The van der Waals surface area contributed by atoms with E-state index in [9.17, 15) is 9.59 Å². The highest BCUT2D eigenvalue weighted by Crippen LogP contribution is 2.56. The maximum atomic E-state index is 13.0. The maximum absolute atomic E-state index is 13.0. The van der Waals surface area contributed by atoms with Gasteiger partial charge in [0, 0.05) is 22.3 Å². The monoisotopic (exact) mass is 328 g/mol. The smallest absolute Gasteiger partial charge is 0.194 e. The second-order valence-corrected chi connectivity index (χ2v) is 8.53. The van der Waals surface area contributed by atoms with Crippen molar-refractivity contribution < 1.29 is 9.59 Å². The van der Waals surface area contributed by atoms with E-state index < -0.39 is 0 Å². The lowest BCUT2D eigenvalue weighted by molar-refractivity contribution is 0.0979. The van der Waals surface area contributed by atoms with Gasteiger partial charge in [-0.3, -0.25) is 9.59 Å². The first-order valence-electron chi connectivity index (χ1n) is 9.55. The zero-order valence-corrected chi connectivity index (χ0v) is 14.1. The molecular formula is C23H20O2. The van der Waals surface area contributed by atoms with E-state index in [0.717, 1.165) is 11.8 Å². The fourth-order valence-electron chi connectivity index (χ4n) is 6.24. The van der Waals surface area contributed by atoms with Gasteiger partial charge in [0.15, 0.2) is 11.6 Å². The summed E-state index contributed by atoms with van der Waals surface area (Å²) in [5, 5.41) is 0. The van der Waals surface area contributed by atoms with Crippen LogP contribution in [0.5, 0.6) is 0 Å². The van der Waals surface area contributed by atoms with Crippen LogP contribution in [-0.2, 0) is 0 Å². The summed E-state index contributed by atoms with van der Waals surface area (Å²) in [6.45, 7) is 0. The van der Waals surface area contributed by atoms with Gasteiger partial charge in [-0.2, -0.15) is 0 Å². The van der Waals surface area contributed by atoms with Crippen LogP contribution in [0.3, 0.4) is 0 Å². The van der Waals surface area contributed by atoms with Crippen molar-refractivity contribution in [2.75, 3.05) is 0 Å². The van der Waals surface area contributed by atoms with Gasteiger partial charge >= 0.3 is 0 Å². The van der Waals surface area contributed by atoms with Crippen molar-refractivity contribution in [1.29, 1.82) is 0 Å². The molecule has 2 fully saturated rings. The molecule has 0 atom stereocenters. The molecule has 0 aromatic heterocycles. The maximum Gasteiger partial charge on any atom is 0.194 e. The molecule has 25 heavy (non-hydrogen) atoms. The van der Waals surface area contributed by atoms with E-state index in [1.807, 2.05) is 12.1 Å². The molecule has 2 nitrogen and oxygen atoms in total. The third-order valence-electron chi connectivity index (χ3n) is 7.15. The van der Waals surface area contributed by atoms with Crippen molar-refractivity contribution in [2.45, 2.75) is 43.9 Å². The highest BCUT2D eigenvalue weighted by Gasteiger charge is 2.43. The Bertz CT molecular complexity index is 867. The van der Waals surface area contributed by atoms with Crippen LogP contribution in [-0.4, -0.2) is 11.6 Å². The Morgan fingerprint density at radius 1 is 0.600 bits per heavy atom. The Kier molecular flexibility index (Phi) is 2.63. The second-order valence-electron chi connectivity index (χ2n) is 8.53. The molecule has 0 aliphatic heterocycles. The predicted molar refractivity (Wildman–Crippen MR) is 95.3 cm³/mol. The van der Waals surface area contributed by atoms with Gasteiger partial charge in [-0.1, -0.05) is 24.3 Å². The van der Waals surface area contributed by atoms with E-state index in [2.05, 4.69) is 12.1 Å². The number of ketones is 2. The Morgan fingerprint density at radius 2 is 1.04 bits per heavy atom. The number of rotatable bonds is 0. The molecule has 0 N–H and O–H groups in total. The van der Waals surface area contributed by atoms with Crippen molar-refractivity contribution in [3.8, 4) is 0 Å². The van der Waals surface area contributed by atoms with E-state index in [-0.39, 0.29) is 11.6 Å². The normalized spacial score (nSPS) is 31.4. The zero-order valence-electron chi connectivity index (χ0n) is 14.1. The molecule has 0 radical (unpaired) electrons. The number of fused-ring (bicyclic) bond motifs is 2. The second kappa shape index (κ2) is 4.69. The van der Waals surface area contributed by atoms with Crippen LogP contribution in [0.2, 0.25) is 0 Å². The Morgan fingerprint density at radius 3 is 1.48 bits per heavy atom. The largest absolute Gasteiger partial charge is 0.289 e. The summed E-state index contributed by atoms with van der Waals surface area (Å²) in [7, 11) is 0. The fourth-order valence-corrected chi connectivity index (χ4v) is 6.24. The van der Waals surface area contributed by atoms with Crippen molar-refractivity contribution in [3.05, 3.63) is 69.8 Å². The minimum absolute atomic E-state index is 0.0250. The third-order valence-corrected chi connectivity index (χ3v) is 7.15. The van der Waals surface area contributed by atoms with Crippen molar-refractivity contribution in [2.24, 2.45) is 11.8 Å². The molecular weight excluding hydrogens is 308 g/mol. The quantitative estimate of drug-likeness (QED) is 0.591. The van der Waals surface area contributed by atoms with Crippen LogP contribution >= 0.6 is 0 Å². The molecule has 4 bridgehead atoms. The van der Waals surface area contributed by atoms with Gasteiger partial charge in [-0.05, 0) is 79.0 Å². The first-order valence-corrected chi connectivity index (χ1v) is 9.55. The molecule has 2 aromatic carbocycles. The van der Waals surface area contributed by atoms with E-state index in [4.69, 9.17) is 0 Å². The van der Waals surface area contributed by atoms with E-state index >= 15 is 0 Å². The number of hydrogen-bond donors (Lipinski definition) is 0. The van der Waals surface area contributed by atoms with Gasteiger partial charge in [-0.15, -0.1) is 0 Å². The Balaban J connectivity index is 1.59. The third kappa shape index (κ3) is 1.80. The molecule has 2 saturated carbocycles. The Hall–Kier alpha value is -2.22. The minimum atomic E-state index is 0.0250. The minimum Gasteiger partial charge on any atom is -0.289 e. The van der Waals surface area contributed by atoms with Gasteiger partial charge in [0.1, 0.15) is 0 Å². The zero-order chi connectivity index (χ0) is 16.7. The summed E-state index contributed by atoms with van der Waals surface area (Å²) in [6.07, 6.45) is 6.49. The molecule has 0 spiro atoms. The molecule has 7 rings (SSSR count). The fraction of sp³-hybridized carbons (Fsp3) is 0.391. The van der Waals surface area contributed by atoms with Gasteiger partial charge < -0.3 is 0 Å². The molecule has 2 heteroatoms. The molecule has 0 unspecified atom stereocenters. The summed E-state index contributed by atoms with van der Waals surface area (Å²) in [4.78, 5) is 26.1. The van der Waals surface area contributed by atoms with Crippen molar-refractivity contribution >= 4 is 11.6 Å². The van der Waals surface area contributed by atoms with Gasteiger partial charge in [0.05, 0.1) is 0 Å². The first kappa shape index (κ1) is 14.0. The van der Waals surface area contributed by atoms with Crippen LogP contribution in [0, 0.1) is 11.8 Å². The number of carbonyl (C=O) groups is 2. The van der Waals surface area contributed by atoms with E-state index in [1.54, 1.807) is 12.1 Å². The molecule has 2 aromatic rings. The van der Waals surface area contributed by atoms with Crippen molar-refractivity contribution in [1.82, 2.24) is 0 Å². The van der Waals surface area contributed by atoms with Crippen LogP contribution in [0.25, 0.3) is 0 Å². The summed E-state index contributed by atoms with van der Waals surface area (Å²) in [6, 6.07) is 11.5.